The number of rotatable bonds is 4. The lowest BCUT2D eigenvalue weighted by atomic mass is 10.1. The molecule has 0 saturated carbocycles. The number of carbonyl (C=O) groups is 2. The second-order valence-corrected chi connectivity index (χ2v) is 6.15. The minimum Gasteiger partial charge on any atom is -0.391 e. The lowest BCUT2D eigenvalue weighted by molar-refractivity contribution is 0.0543. The van der Waals surface area contributed by atoms with Crippen molar-refractivity contribution in [2.45, 2.75) is 12.5 Å². The van der Waals surface area contributed by atoms with Gasteiger partial charge in [-0.05, 0) is 23.6 Å². The number of nitrogens with zero attached hydrogens (tertiary/aromatic N) is 2. The summed E-state index contributed by atoms with van der Waals surface area (Å²) in [5, 5.41) is 12.4. The molecule has 1 aliphatic heterocycles. The van der Waals surface area contributed by atoms with Gasteiger partial charge in [0.05, 0.1) is 23.8 Å². The Labute approximate surface area is 144 Å². The fourth-order valence-electron chi connectivity index (χ4n) is 3.16. The summed E-state index contributed by atoms with van der Waals surface area (Å²) in [6.07, 6.45) is 1.17. The third kappa shape index (κ3) is 2.79. The Hall–Kier alpha value is -3.05. The summed E-state index contributed by atoms with van der Waals surface area (Å²) in [6.45, 7) is -0.0408. The van der Waals surface area contributed by atoms with Crippen molar-refractivity contribution >= 4 is 22.6 Å². The lowest BCUT2D eigenvalue weighted by Crippen LogP contribution is -2.37. The average Bonchev–Trinajstić information content (AvgIpc) is 2.87. The molecule has 0 aliphatic carbocycles. The number of fused-ring (bicyclic) bond motifs is 2. The van der Waals surface area contributed by atoms with Crippen LogP contribution in [0.3, 0.4) is 0 Å². The molecule has 2 amide bonds. The minimum atomic E-state index is -0.865. The fourth-order valence-corrected chi connectivity index (χ4v) is 3.16. The van der Waals surface area contributed by atoms with Crippen LogP contribution in [0.15, 0.2) is 60.8 Å². The first-order valence-electron chi connectivity index (χ1n) is 8.10. The van der Waals surface area contributed by atoms with Crippen molar-refractivity contribution in [1.29, 1.82) is 0 Å². The van der Waals surface area contributed by atoms with E-state index in [4.69, 9.17) is 0 Å². The summed E-state index contributed by atoms with van der Waals surface area (Å²) in [4.78, 5) is 30.2. The first kappa shape index (κ1) is 15.5. The number of hydrogen-bond donors (Lipinski definition) is 1. The van der Waals surface area contributed by atoms with Crippen LogP contribution >= 0.6 is 0 Å². The van der Waals surface area contributed by atoms with E-state index in [1.807, 2.05) is 30.3 Å². The molecule has 1 unspecified atom stereocenters. The van der Waals surface area contributed by atoms with Crippen LogP contribution in [-0.2, 0) is 6.42 Å². The molecule has 5 heteroatoms. The van der Waals surface area contributed by atoms with Crippen LogP contribution in [0.5, 0.6) is 0 Å². The third-order valence-corrected chi connectivity index (χ3v) is 4.40. The highest BCUT2D eigenvalue weighted by molar-refractivity contribution is 6.21. The van der Waals surface area contributed by atoms with Crippen molar-refractivity contribution in [2.24, 2.45) is 0 Å². The van der Waals surface area contributed by atoms with Gasteiger partial charge in [-0.3, -0.25) is 19.5 Å². The molecule has 1 aromatic heterocycles. The Kier molecular flexibility index (Phi) is 3.78. The molecule has 124 valence electrons. The molecular weight excluding hydrogens is 316 g/mol. The zero-order chi connectivity index (χ0) is 17.4. The zero-order valence-electron chi connectivity index (χ0n) is 13.4. The van der Waals surface area contributed by atoms with Gasteiger partial charge in [-0.25, -0.2) is 0 Å². The van der Waals surface area contributed by atoms with Crippen LogP contribution in [0.4, 0.5) is 0 Å². The molecule has 5 nitrogen and oxygen atoms in total. The van der Waals surface area contributed by atoms with Crippen molar-refractivity contribution in [3.63, 3.8) is 0 Å². The highest BCUT2D eigenvalue weighted by Crippen LogP contribution is 2.23. The number of pyridine rings is 1. The summed E-state index contributed by atoms with van der Waals surface area (Å²) >= 11 is 0. The van der Waals surface area contributed by atoms with Gasteiger partial charge in [0.1, 0.15) is 0 Å². The molecular formula is C20H16N2O3. The summed E-state index contributed by atoms with van der Waals surface area (Å²) in [7, 11) is 0. The Morgan fingerprint density at radius 3 is 2.20 bits per heavy atom. The van der Waals surface area contributed by atoms with Crippen molar-refractivity contribution in [3.8, 4) is 0 Å². The third-order valence-electron chi connectivity index (χ3n) is 4.40. The quantitative estimate of drug-likeness (QED) is 0.745. The summed E-state index contributed by atoms with van der Waals surface area (Å²) in [6, 6.07) is 16.5. The standard InChI is InChI=1S/C20H16N2O3/c23-16(10-15-9-13-5-1-2-6-14(13)11-21-15)12-22-19(24)17-7-3-4-8-18(17)20(22)25/h1-9,11,16,23H,10,12H2. The molecule has 1 atom stereocenters. The number of benzene rings is 2. The SMILES string of the molecule is O=C1c2ccccc2C(=O)N1CC(O)Cc1cc2ccccc2cn1. The largest absolute Gasteiger partial charge is 0.391 e. The Morgan fingerprint density at radius 2 is 1.52 bits per heavy atom. The molecule has 0 radical (unpaired) electrons. The van der Waals surface area contributed by atoms with Gasteiger partial charge in [0.25, 0.3) is 11.8 Å². The second-order valence-electron chi connectivity index (χ2n) is 6.15. The molecule has 0 spiro atoms. The number of hydrogen-bond acceptors (Lipinski definition) is 4. The Bertz CT molecular complexity index is 948. The van der Waals surface area contributed by atoms with Crippen molar-refractivity contribution in [3.05, 3.63) is 77.6 Å². The second kappa shape index (κ2) is 6.11. The van der Waals surface area contributed by atoms with Gasteiger partial charge in [-0.1, -0.05) is 36.4 Å². The van der Waals surface area contributed by atoms with E-state index in [1.54, 1.807) is 30.5 Å². The molecule has 0 bridgehead atoms. The molecule has 0 saturated heterocycles. The first-order chi connectivity index (χ1) is 12.1. The van der Waals surface area contributed by atoms with Crippen LogP contribution in [0.1, 0.15) is 26.4 Å². The predicted molar refractivity (Wildman–Crippen MR) is 93.3 cm³/mol. The van der Waals surface area contributed by atoms with Gasteiger partial charge in [-0.15, -0.1) is 0 Å². The molecule has 3 aromatic rings. The Balaban J connectivity index is 1.49. The van der Waals surface area contributed by atoms with Crippen LogP contribution in [0, 0.1) is 0 Å². The number of aliphatic hydroxyl groups is 1. The predicted octanol–water partition coefficient (Wildman–Crippen LogP) is 2.43. The first-order valence-corrected chi connectivity index (χ1v) is 8.10. The molecule has 4 rings (SSSR count). The average molecular weight is 332 g/mol. The number of amides is 2. The lowest BCUT2D eigenvalue weighted by Gasteiger charge is -2.18. The zero-order valence-corrected chi connectivity index (χ0v) is 13.4. The highest BCUT2D eigenvalue weighted by Gasteiger charge is 2.36. The van der Waals surface area contributed by atoms with E-state index >= 15 is 0 Å². The monoisotopic (exact) mass is 332 g/mol. The van der Waals surface area contributed by atoms with Crippen LogP contribution < -0.4 is 0 Å². The van der Waals surface area contributed by atoms with E-state index in [0.717, 1.165) is 21.4 Å². The van der Waals surface area contributed by atoms with Crippen LogP contribution in [0.25, 0.3) is 10.8 Å². The van der Waals surface area contributed by atoms with E-state index in [9.17, 15) is 14.7 Å². The van der Waals surface area contributed by atoms with Gasteiger partial charge in [0, 0.05) is 23.7 Å². The fraction of sp³-hybridized carbons (Fsp3) is 0.150. The van der Waals surface area contributed by atoms with Crippen molar-refractivity contribution in [1.82, 2.24) is 9.88 Å². The minimum absolute atomic E-state index is 0.0408. The maximum atomic E-state index is 12.3. The molecule has 1 aliphatic rings. The maximum absolute atomic E-state index is 12.3. The smallest absolute Gasteiger partial charge is 0.261 e. The van der Waals surface area contributed by atoms with E-state index in [1.165, 1.54) is 0 Å². The van der Waals surface area contributed by atoms with Gasteiger partial charge in [0.2, 0.25) is 0 Å². The van der Waals surface area contributed by atoms with Gasteiger partial charge in [-0.2, -0.15) is 0 Å². The van der Waals surface area contributed by atoms with Gasteiger partial charge >= 0.3 is 0 Å². The summed E-state index contributed by atoms with van der Waals surface area (Å²) in [5.41, 5.74) is 1.51. The van der Waals surface area contributed by atoms with E-state index in [-0.39, 0.29) is 24.8 Å². The van der Waals surface area contributed by atoms with E-state index < -0.39 is 6.10 Å². The molecule has 0 fully saturated rings. The number of aromatic nitrogens is 1. The van der Waals surface area contributed by atoms with Crippen LogP contribution in [0.2, 0.25) is 0 Å². The number of β-amino-alcohol motifs (C(OH)–C–C–N with tert-alkyl or cyclic N) is 1. The molecule has 1 N–H and O–H groups in total. The van der Waals surface area contributed by atoms with E-state index in [0.29, 0.717) is 11.1 Å². The molecule has 2 aromatic carbocycles. The number of aliphatic hydroxyl groups excluding tert-OH is 1. The molecule has 25 heavy (non-hydrogen) atoms. The normalized spacial score (nSPS) is 14.8. The molecule has 2 heterocycles. The van der Waals surface area contributed by atoms with Crippen molar-refractivity contribution in [2.75, 3.05) is 6.54 Å². The topological polar surface area (TPSA) is 70.5 Å². The van der Waals surface area contributed by atoms with Crippen LogP contribution in [-0.4, -0.2) is 39.5 Å². The highest BCUT2D eigenvalue weighted by atomic mass is 16.3. The summed E-state index contributed by atoms with van der Waals surface area (Å²) < 4.78 is 0. The van der Waals surface area contributed by atoms with Gasteiger partial charge in [0.15, 0.2) is 0 Å². The number of imide groups is 1. The van der Waals surface area contributed by atoms with Crippen molar-refractivity contribution < 1.29 is 14.7 Å². The Morgan fingerprint density at radius 1 is 0.920 bits per heavy atom. The van der Waals surface area contributed by atoms with Gasteiger partial charge < -0.3 is 5.11 Å². The maximum Gasteiger partial charge on any atom is 0.261 e. The summed E-state index contributed by atoms with van der Waals surface area (Å²) in [5.74, 6) is -0.711. The van der Waals surface area contributed by atoms with E-state index in [2.05, 4.69) is 4.98 Å². The number of carbonyl (C=O) groups excluding carboxylic acids is 2.